The SMILES string of the molecule is COc1ccc(C2CC(=O)c3cc(C(=O)Nc4cccc(C)c4C)c(=O)[nH]c3C2)cc1. The van der Waals surface area contributed by atoms with Gasteiger partial charge in [-0.25, -0.2) is 0 Å². The molecule has 2 N–H and O–H groups in total. The number of carbonyl (C=O) groups is 2. The molecule has 0 bridgehead atoms. The van der Waals surface area contributed by atoms with Gasteiger partial charge in [-0.05, 0) is 67.1 Å². The van der Waals surface area contributed by atoms with E-state index in [4.69, 9.17) is 4.74 Å². The van der Waals surface area contributed by atoms with Gasteiger partial charge in [0.05, 0.1) is 7.11 Å². The molecule has 1 atom stereocenters. The van der Waals surface area contributed by atoms with Crippen molar-refractivity contribution in [3.63, 3.8) is 0 Å². The van der Waals surface area contributed by atoms with Crippen molar-refractivity contribution in [1.29, 1.82) is 0 Å². The van der Waals surface area contributed by atoms with Crippen molar-refractivity contribution in [2.24, 2.45) is 0 Å². The fourth-order valence-electron chi connectivity index (χ4n) is 3.99. The summed E-state index contributed by atoms with van der Waals surface area (Å²) in [6.45, 7) is 3.86. The fourth-order valence-corrected chi connectivity index (χ4v) is 3.99. The molecule has 0 fully saturated rings. The zero-order valence-corrected chi connectivity index (χ0v) is 17.7. The summed E-state index contributed by atoms with van der Waals surface area (Å²) in [6, 6.07) is 14.6. The van der Waals surface area contributed by atoms with E-state index in [1.54, 1.807) is 13.2 Å². The number of hydrogen-bond donors (Lipinski definition) is 2. The minimum Gasteiger partial charge on any atom is -0.497 e. The predicted molar refractivity (Wildman–Crippen MR) is 119 cm³/mol. The molecule has 6 heteroatoms. The largest absolute Gasteiger partial charge is 0.497 e. The maximum Gasteiger partial charge on any atom is 0.261 e. The van der Waals surface area contributed by atoms with Crippen molar-refractivity contribution < 1.29 is 14.3 Å². The van der Waals surface area contributed by atoms with Crippen molar-refractivity contribution in [3.8, 4) is 5.75 Å². The van der Waals surface area contributed by atoms with E-state index in [9.17, 15) is 14.4 Å². The van der Waals surface area contributed by atoms with Crippen molar-refractivity contribution in [2.45, 2.75) is 32.6 Å². The molecule has 1 aliphatic carbocycles. The molecule has 0 saturated heterocycles. The van der Waals surface area contributed by atoms with Gasteiger partial charge in [0, 0.05) is 23.4 Å². The third-order valence-corrected chi connectivity index (χ3v) is 5.99. The molecule has 158 valence electrons. The number of fused-ring (bicyclic) bond motifs is 1. The summed E-state index contributed by atoms with van der Waals surface area (Å²) in [5.74, 6) is 0.109. The molecule has 1 heterocycles. The lowest BCUT2D eigenvalue weighted by atomic mass is 9.81. The lowest BCUT2D eigenvalue weighted by molar-refractivity contribution is 0.0963. The number of nitrogens with one attached hydrogen (secondary N) is 2. The maximum atomic E-state index is 12.9. The van der Waals surface area contributed by atoms with E-state index >= 15 is 0 Å². The number of anilines is 1. The van der Waals surface area contributed by atoms with Crippen molar-refractivity contribution in [1.82, 2.24) is 4.98 Å². The average Bonchev–Trinajstić information content (AvgIpc) is 2.76. The molecule has 0 aliphatic heterocycles. The predicted octanol–water partition coefficient (Wildman–Crippen LogP) is 4.17. The van der Waals surface area contributed by atoms with Crippen molar-refractivity contribution in [3.05, 3.63) is 92.4 Å². The van der Waals surface area contributed by atoms with Gasteiger partial charge in [-0.3, -0.25) is 14.4 Å². The Bertz CT molecular complexity index is 1230. The Labute approximate surface area is 180 Å². The summed E-state index contributed by atoms with van der Waals surface area (Å²) in [4.78, 5) is 41.1. The van der Waals surface area contributed by atoms with Crippen LogP contribution in [-0.2, 0) is 6.42 Å². The third kappa shape index (κ3) is 4.01. The number of aryl methyl sites for hydroxylation is 1. The van der Waals surface area contributed by atoms with Crippen LogP contribution in [0.2, 0.25) is 0 Å². The normalized spacial score (nSPS) is 15.3. The molecule has 0 radical (unpaired) electrons. The van der Waals surface area contributed by atoms with Gasteiger partial charge in [-0.15, -0.1) is 0 Å². The third-order valence-electron chi connectivity index (χ3n) is 5.99. The first-order valence-corrected chi connectivity index (χ1v) is 10.2. The number of Topliss-reactive ketones (excluding diaryl/α,β-unsaturated/α-hetero) is 1. The topological polar surface area (TPSA) is 88.3 Å². The monoisotopic (exact) mass is 416 g/mol. The maximum absolute atomic E-state index is 12.9. The molecule has 1 aromatic heterocycles. The highest BCUT2D eigenvalue weighted by molar-refractivity contribution is 6.07. The number of rotatable bonds is 4. The van der Waals surface area contributed by atoms with Crippen LogP contribution in [0.25, 0.3) is 0 Å². The van der Waals surface area contributed by atoms with E-state index in [0.717, 1.165) is 22.4 Å². The minimum atomic E-state index is -0.525. The molecule has 31 heavy (non-hydrogen) atoms. The van der Waals surface area contributed by atoms with Crippen LogP contribution in [0.15, 0.2) is 53.3 Å². The zero-order chi connectivity index (χ0) is 22.1. The highest BCUT2D eigenvalue weighted by Crippen LogP contribution is 2.32. The summed E-state index contributed by atoms with van der Waals surface area (Å²) in [7, 11) is 1.61. The Kier molecular flexibility index (Phi) is 5.46. The molecule has 4 rings (SSSR count). The second kappa shape index (κ2) is 8.22. The number of methoxy groups -OCH3 is 1. The van der Waals surface area contributed by atoms with Gasteiger partial charge in [-0.2, -0.15) is 0 Å². The number of hydrogen-bond acceptors (Lipinski definition) is 4. The Morgan fingerprint density at radius 2 is 1.81 bits per heavy atom. The van der Waals surface area contributed by atoms with E-state index in [1.807, 2.05) is 50.2 Å². The van der Waals surface area contributed by atoms with E-state index in [0.29, 0.717) is 29.8 Å². The smallest absolute Gasteiger partial charge is 0.261 e. The van der Waals surface area contributed by atoms with Crippen LogP contribution in [0.5, 0.6) is 5.75 Å². The Morgan fingerprint density at radius 3 is 2.52 bits per heavy atom. The summed E-state index contributed by atoms with van der Waals surface area (Å²) in [5, 5.41) is 2.79. The second-order valence-electron chi connectivity index (χ2n) is 7.91. The molecule has 2 aromatic carbocycles. The summed E-state index contributed by atoms with van der Waals surface area (Å²) >= 11 is 0. The van der Waals surface area contributed by atoms with Crippen LogP contribution < -0.4 is 15.6 Å². The van der Waals surface area contributed by atoms with Crippen LogP contribution in [0, 0.1) is 13.8 Å². The van der Waals surface area contributed by atoms with Crippen molar-refractivity contribution in [2.75, 3.05) is 12.4 Å². The quantitative estimate of drug-likeness (QED) is 0.668. The molecule has 1 aliphatic rings. The number of ether oxygens (including phenoxy) is 1. The van der Waals surface area contributed by atoms with E-state index in [2.05, 4.69) is 10.3 Å². The average molecular weight is 416 g/mol. The molecular formula is C25H24N2O4. The number of aromatic nitrogens is 1. The number of ketones is 1. The number of aromatic amines is 1. The van der Waals surface area contributed by atoms with Gasteiger partial charge < -0.3 is 15.0 Å². The van der Waals surface area contributed by atoms with E-state index in [1.165, 1.54) is 6.07 Å². The first kappa shape index (κ1) is 20.6. The summed E-state index contributed by atoms with van der Waals surface area (Å²) in [5.41, 5.74) is 4.06. The summed E-state index contributed by atoms with van der Waals surface area (Å²) in [6.07, 6.45) is 0.852. The van der Waals surface area contributed by atoms with Gasteiger partial charge >= 0.3 is 0 Å². The number of pyridine rings is 1. The Balaban J connectivity index is 1.61. The Morgan fingerprint density at radius 1 is 1.06 bits per heavy atom. The molecule has 3 aromatic rings. The van der Waals surface area contributed by atoms with Gasteiger partial charge in [0.2, 0.25) is 0 Å². The standard InChI is InChI=1S/C25H24N2O4/c1-14-5-4-6-21(15(14)2)26-24(29)20-13-19-22(27-25(20)30)11-17(12-23(19)28)16-7-9-18(31-3)10-8-16/h4-10,13,17H,11-12H2,1-3H3,(H,26,29)(H,27,30). The minimum absolute atomic E-state index is 0.0313. The summed E-state index contributed by atoms with van der Waals surface area (Å²) < 4.78 is 5.19. The number of benzene rings is 2. The molecule has 0 saturated carbocycles. The van der Waals surface area contributed by atoms with E-state index in [-0.39, 0.29) is 17.3 Å². The van der Waals surface area contributed by atoms with Crippen molar-refractivity contribution >= 4 is 17.4 Å². The number of amides is 1. The fraction of sp³-hybridized carbons (Fsp3) is 0.240. The Hall–Kier alpha value is -3.67. The highest BCUT2D eigenvalue weighted by atomic mass is 16.5. The molecule has 6 nitrogen and oxygen atoms in total. The molecule has 0 spiro atoms. The highest BCUT2D eigenvalue weighted by Gasteiger charge is 2.29. The van der Waals surface area contributed by atoms with Gasteiger partial charge in [0.1, 0.15) is 11.3 Å². The van der Waals surface area contributed by atoms with Gasteiger partial charge in [0.15, 0.2) is 5.78 Å². The zero-order valence-electron chi connectivity index (χ0n) is 17.7. The first-order valence-electron chi connectivity index (χ1n) is 10.2. The lowest BCUT2D eigenvalue weighted by Crippen LogP contribution is -2.29. The van der Waals surface area contributed by atoms with Crippen LogP contribution in [0.1, 0.15) is 55.4 Å². The van der Waals surface area contributed by atoms with Gasteiger partial charge in [-0.1, -0.05) is 24.3 Å². The molecule has 1 amide bonds. The van der Waals surface area contributed by atoms with Crippen LogP contribution >= 0.6 is 0 Å². The number of H-pyrrole nitrogens is 1. The van der Waals surface area contributed by atoms with Gasteiger partial charge in [0.25, 0.3) is 11.5 Å². The molecular weight excluding hydrogens is 392 g/mol. The number of carbonyl (C=O) groups excluding carboxylic acids is 2. The lowest BCUT2D eigenvalue weighted by Gasteiger charge is -2.24. The first-order chi connectivity index (χ1) is 14.9. The van der Waals surface area contributed by atoms with Crippen LogP contribution in [-0.4, -0.2) is 23.8 Å². The van der Waals surface area contributed by atoms with E-state index < -0.39 is 11.5 Å². The van der Waals surface area contributed by atoms with Crippen LogP contribution in [0.4, 0.5) is 5.69 Å². The van der Waals surface area contributed by atoms with Crippen LogP contribution in [0.3, 0.4) is 0 Å². The second-order valence-corrected chi connectivity index (χ2v) is 7.91. The molecule has 1 unspecified atom stereocenters.